The summed E-state index contributed by atoms with van der Waals surface area (Å²) < 4.78 is 2.12. The number of carbonyl (C=O) groups is 1. The molecule has 2 heterocycles. The maximum atomic E-state index is 12.5. The van der Waals surface area contributed by atoms with Crippen LogP contribution in [0.3, 0.4) is 0 Å². The molecule has 4 aromatic rings. The van der Waals surface area contributed by atoms with Crippen molar-refractivity contribution >= 4 is 27.7 Å². The molecule has 26 heavy (non-hydrogen) atoms. The maximum Gasteiger partial charge on any atom is 0.251 e. The van der Waals surface area contributed by atoms with E-state index in [1.54, 1.807) is 6.92 Å². The van der Waals surface area contributed by atoms with Crippen molar-refractivity contribution in [1.82, 2.24) is 19.9 Å². The summed E-state index contributed by atoms with van der Waals surface area (Å²) in [6, 6.07) is 15.2. The van der Waals surface area contributed by atoms with Crippen molar-refractivity contribution in [3.05, 3.63) is 76.0 Å². The molecule has 2 aromatic heterocycles. The zero-order valence-electron chi connectivity index (χ0n) is 14.5. The second kappa shape index (κ2) is 6.15. The normalized spacial score (nSPS) is 11.2. The number of nitrogens with one attached hydrogen (secondary N) is 2. The van der Waals surface area contributed by atoms with Crippen LogP contribution in [0, 0.1) is 6.92 Å². The van der Waals surface area contributed by atoms with Gasteiger partial charge in [-0.25, -0.2) is 4.98 Å². The van der Waals surface area contributed by atoms with Crippen molar-refractivity contribution in [2.75, 3.05) is 0 Å². The lowest BCUT2D eigenvalue weighted by Crippen LogP contribution is -2.24. The Kier molecular flexibility index (Phi) is 3.80. The third kappa shape index (κ3) is 2.75. The van der Waals surface area contributed by atoms with Crippen LogP contribution < -0.4 is 10.9 Å². The Morgan fingerprint density at radius 1 is 1.12 bits per heavy atom. The van der Waals surface area contributed by atoms with Gasteiger partial charge < -0.3 is 14.9 Å². The molecular formula is C20H18N4O2. The van der Waals surface area contributed by atoms with E-state index in [-0.39, 0.29) is 18.0 Å². The Morgan fingerprint density at radius 3 is 2.69 bits per heavy atom. The van der Waals surface area contributed by atoms with Crippen LogP contribution in [0.25, 0.3) is 21.8 Å². The zero-order valence-corrected chi connectivity index (χ0v) is 14.5. The van der Waals surface area contributed by atoms with Gasteiger partial charge in [0.25, 0.3) is 11.5 Å². The van der Waals surface area contributed by atoms with Gasteiger partial charge >= 0.3 is 0 Å². The number of aromatic nitrogens is 3. The van der Waals surface area contributed by atoms with Gasteiger partial charge in [-0.3, -0.25) is 9.59 Å². The second-order valence-electron chi connectivity index (χ2n) is 6.31. The number of rotatable bonds is 3. The van der Waals surface area contributed by atoms with E-state index < -0.39 is 0 Å². The molecule has 0 aliphatic carbocycles. The Hall–Kier alpha value is -3.41. The molecule has 6 nitrogen and oxygen atoms in total. The van der Waals surface area contributed by atoms with Gasteiger partial charge in [0.1, 0.15) is 5.82 Å². The average molecular weight is 346 g/mol. The maximum absolute atomic E-state index is 12.5. The first kappa shape index (κ1) is 16.1. The molecule has 0 radical (unpaired) electrons. The summed E-state index contributed by atoms with van der Waals surface area (Å²) in [5, 5.41) is 4.99. The van der Waals surface area contributed by atoms with Crippen LogP contribution in [0.1, 0.15) is 21.9 Å². The number of para-hydroxylation sites is 1. The predicted molar refractivity (Wildman–Crippen MR) is 101 cm³/mol. The minimum absolute atomic E-state index is 0.195. The van der Waals surface area contributed by atoms with Crippen molar-refractivity contribution in [3.63, 3.8) is 0 Å². The van der Waals surface area contributed by atoms with Crippen LogP contribution in [-0.2, 0) is 13.6 Å². The first-order valence-electron chi connectivity index (χ1n) is 8.35. The van der Waals surface area contributed by atoms with Crippen LogP contribution in [0.5, 0.6) is 0 Å². The third-order valence-electron chi connectivity index (χ3n) is 4.52. The molecule has 1 amide bonds. The van der Waals surface area contributed by atoms with E-state index in [1.807, 2.05) is 37.4 Å². The van der Waals surface area contributed by atoms with Gasteiger partial charge in [-0.1, -0.05) is 18.2 Å². The highest BCUT2D eigenvalue weighted by Gasteiger charge is 2.12. The van der Waals surface area contributed by atoms with E-state index in [9.17, 15) is 9.59 Å². The molecule has 2 aromatic carbocycles. The van der Waals surface area contributed by atoms with Gasteiger partial charge in [0.15, 0.2) is 0 Å². The minimum Gasteiger partial charge on any atom is -0.346 e. The van der Waals surface area contributed by atoms with Crippen LogP contribution in [0.2, 0.25) is 0 Å². The number of nitrogens with zero attached hydrogens (tertiary/aromatic N) is 2. The van der Waals surface area contributed by atoms with E-state index in [1.165, 1.54) is 6.07 Å². The number of amides is 1. The Morgan fingerprint density at radius 2 is 1.88 bits per heavy atom. The van der Waals surface area contributed by atoms with E-state index in [2.05, 4.69) is 32.0 Å². The fourth-order valence-corrected chi connectivity index (χ4v) is 3.31. The molecule has 0 saturated heterocycles. The summed E-state index contributed by atoms with van der Waals surface area (Å²) in [5.41, 5.74) is 3.10. The molecular weight excluding hydrogens is 328 g/mol. The molecule has 0 spiro atoms. The lowest BCUT2D eigenvalue weighted by atomic mass is 10.1. The Labute approximate surface area is 149 Å². The quantitative estimate of drug-likeness (QED) is 0.598. The van der Waals surface area contributed by atoms with E-state index in [0.29, 0.717) is 17.1 Å². The summed E-state index contributed by atoms with van der Waals surface area (Å²) >= 11 is 0. The van der Waals surface area contributed by atoms with Crippen molar-refractivity contribution in [2.24, 2.45) is 7.05 Å². The molecule has 6 heteroatoms. The second-order valence-corrected chi connectivity index (χ2v) is 6.31. The summed E-state index contributed by atoms with van der Waals surface area (Å²) in [5.74, 6) is 0.332. The third-order valence-corrected chi connectivity index (χ3v) is 4.52. The number of H-pyrrole nitrogens is 1. The van der Waals surface area contributed by atoms with Crippen LogP contribution in [-0.4, -0.2) is 20.4 Å². The highest BCUT2D eigenvalue weighted by atomic mass is 16.1. The Balaban J connectivity index is 1.64. The molecule has 0 unspecified atom stereocenters. The van der Waals surface area contributed by atoms with Gasteiger partial charge in [0, 0.05) is 40.5 Å². The van der Waals surface area contributed by atoms with Crippen LogP contribution in [0.4, 0.5) is 0 Å². The van der Waals surface area contributed by atoms with E-state index in [0.717, 1.165) is 21.8 Å². The SMILES string of the molecule is Cc1nc(CNC(=O)c2ccc3c(c2)c2ccccc2n3C)cc(=O)[nH]1. The van der Waals surface area contributed by atoms with Gasteiger partial charge in [0.05, 0.1) is 12.2 Å². The molecule has 0 aliphatic heterocycles. The molecule has 0 saturated carbocycles. The average Bonchev–Trinajstić information content (AvgIpc) is 2.91. The number of fused-ring (bicyclic) bond motifs is 3. The number of carbonyl (C=O) groups excluding carboxylic acids is 1. The standard InChI is InChI=1S/C20H18N4O2/c1-12-22-14(10-19(25)23-12)11-21-20(26)13-7-8-18-16(9-13)15-5-3-4-6-17(15)24(18)2/h3-10H,11H2,1-2H3,(H,21,26)(H,22,23,25). The summed E-state index contributed by atoms with van der Waals surface area (Å²) in [4.78, 5) is 30.8. The lowest BCUT2D eigenvalue weighted by molar-refractivity contribution is 0.0950. The van der Waals surface area contributed by atoms with Crippen LogP contribution >= 0.6 is 0 Å². The number of benzene rings is 2. The number of aryl methyl sites for hydroxylation is 2. The largest absolute Gasteiger partial charge is 0.346 e. The van der Waals surface area contributed by atoms with Gasteiger partial charge in [-0.2, -0.15) is 0 Å². The first-order valence-corrected chi connectivity index (χ1v) is 8.35. The molecule has 0 aliphatic rings. The topological polar surface area (TPSA) is 79.8 Å². The number of hydrogen-bond acceptors (Lipinski definition) is 3. The fourth-order valence-electron chi connectivity index (χ4n) is 3.31. The highest BCUT2D eigenvalue weighted by molar-refractivity contribution is 6.10. The monoisotopic (exact) mass is 346 g/mol. The number of hydrogen-bond donors (Lipinski definition) is 2. The fraction of sp³-hybridized carbons (Fsp3) is 0.150. The summed E-state index contributed by atoms with van der Waals surface area (Å²) in [6.45, 7) is 1.92. The van der Waals surface area contributed by atoms with E-state index >= 15 is 0 Å². The van der Waals surface area contributed by atoms with Crippen LogP contribution in [0.15, 0.2) is 53.3 Å². The lowest BCUT2D eigenvalue weighted by Gasteiger charge is -2.06. The van der Waals surface area contributed by atoms with Crippen molar-refractivity contribution < 1.29 is 4.79 Å². The van der Waals surface area contributed by atoms with Crippen molar-refractivity contribution in [2.45, 2.75) is 13.5 Å². The van der Waals surface area contributed by atoms with Gasteiger partial charge in [-0.05, 0) is 31.2 Å². The molecule has 0 atom stereocenters. The molecule has 0 bridgehead atoms. The Bertz CT molecular complexity index is 1200. The molecule has 130 valence electrons. The van der Waals surface area contributed by atoms with E-state index in [4.69, 9.17) is 0 Å². The van der Waals surface area contributed by atoms with Crippen molar-refractivity contribution in [3.8, 4) is 0 Å². The number of aromatic amines is 1. The van der Waals surface area contributed by atoms with Gasteiger partial charge in [0.2, 0.25) is 0 Å². The summed E-state index contributed by atoms with van der Waals surface area (Å²) in [6.07, 6.45) is 0. The van der Waals surface area contributed by atoms with Crippen molar-refractivity contribution in [1.29, 1.82) is 0 Å². The first-order chi connectivity index (χ1) is 12.5. The summed E-state index contributed by atoms with van der Waals surface area (Å²) in [7, 11) is 2.02. The predicted octanol–water partition coefficient (Wildman–Crippen LogP) is 2.65. The minimum atomic E-state index is -0.223. The molecule has 0 fully saturated rings. The zero-order chi connectivity index (χ0) is 18.3. The molecule has 2 N–H and O–H groups in total. The van der Waals surface area contributed by atoms with Gasteiger partial charge in [-0.15, -0.1) is 0 Å². The highest BCUT2D eigenvalue weighted by Crippen LogP contribution is 2.28. The molecule has 4 rings (SSSR count). The smallest absolute Gasteiger partial charge is 0.251 e.